The van der Waals surface area contributed by atoms with Gasteiger partial charge in [0.25, 0.3) is 0 Å². The first kappa shape index (κ1) is 12.2. The van der Waals surface area contributed by atoms with Crippen LogP contribution >= 0.6 is 15.9 Å². The highest BCUT2D eigenvalue weighted by molar-refractivity contribution is 9.10. The van der Waals surface area contributed by atoms with Gasteiger partial charge in [-0.1, -0.05) is 22.0 Å². The van der Waals surface area contributed by atoms with Gasteiger partial charge in [-0.15, -0.1) is 0 Å². The molecule has 0 aromatic heterocycles. The zero-order valence-electron chi connectivity index (χ0n) is 10.1. The van der Waals surface area contributed by atoms with Crippen LogP contribution in [0.4, 0.5) is 5.69 Å². The Labute approximate surface area is 115 Å². The first-order chi connectivity index (χ1) is 8.65. The van der Waals surface area contributed by atoms with E-state index in [0.717, 1.165) is 23.0 Å². The van der Waals surface area contributed by atoms with Crippen molar-refractivity contribution in [2.45, 2.75) is 25.3 Å². The summed E-state index contributed by atoms with van der Waals surface area (Å²) in [6, 6.07) is 7.73. The molecule has 3 N–H and O–H groups in total. The van der Waals surface area contributed by atoms with Crippen LogP contribution in [0.1, 0.15) is 19.3 Å². The Morgan fingerprint density at radius 3 is 2.78 bits per heavy atom. The van der Waals surface area contributed by atoms with Crippen LogP contribution in [0.15, 0.2) is 28.7 Å². The van der Waals surface area contributed by atoms with E-state index >= 15 is 0 Å². The van der Waals surface area contributed by atoms with Gasteiger partial charge in [0.05, 0.1) is 5.92 Å². The first-order valence-corrected chi connectivity index (χ1v) is 7.26. The van der Waals surface area contributed by atoms with Crippen molar-refractivity contribution < 1.29 is 4.79 Å². The van der Waals surface area contributed by atoms with Crippen molar-refractivity contribution in [3.63, 3.8) is 0 Å². The van der Waals surface area contributed by atoms with Crippen LogP contribution in [-0.2, 0) is 4.79 Å². The maximum Gasteiger partial charge on any atom is 0.229 e. The second-order valence-corrected chi connectivity index (χ2v) is 6.35. The van der Waals surface area contributed by atoms with E-state index in [9.17, 15) is 4.79 Å². The molecule has 4 unspecified atom stereocenters. The lowest BCUT2D eigenvalue weighted by Crippen LogP contribution is -2.42. The van der Waals surface area contributed by atoms with Gasteiger partial charge in [0.15, 0.2) is 0 Å². The Hall–Kier alpha value is -0.870. The fourth-order valence-electron chi connectivity index (χ4n) is 3.52. The number of rotatable bonds is 2. The number of carbonyl (C=O) groups is 1. The highest BCUT2D eigenvalue weighted by Gasteiger charge is 2.49. The molecule has 1 aromatic carbocycles. The van der Waals surface area contributed by atoms with Gasteiger partial charge < -0.3 is 11.1 Å². The third-order valence-electron chi connectivity index (χ3n) is 4.38. The minimum Gasteiger partial charge on any atom is -0.327 e. The lowest BCUT2D eigenvalue weighted by molar-refractivity contribution is -0.121. The third kappa shape index (κ3) is 2.08. The van der Waals surface area contributed by atoms with Crippen molar-refractivity contribution in [1.29, 1.82) is 0 Å². The number of hydrogen-bond acceptors (Lipinski definition) is 2. The summed E-state index contributed by atoms with van der Waals surface area (Å²) < 4.78 is 0.970. The fourth-order valence-corrected chi connectivity index (χ4v) is 3.92. The van der Waals surface area contributed by atoms with Gasteiger partial charge >= 0.3 is 0 Å². The molecule has 2 saturated carbocycles. The van der Waals surface area contributed by atoms with Crippen LogP contribution in [-0.4, -0.2) is 11.9 Å². The number of nitrogens with two attached hydrogens (primary N) is 1. The van der Waals surface area contributed by atoms with Crippen LogP contribution < -0.4 is 11.1 Å². The van der Waals surface area contributed by atoms with Crippen LogP contribution in [0.2, 0.25) is 0 Å². The number of fused-ring (bicyclic) bond motifs is 2. The molecule has 1 amide bonds. The Morgan fingerprint density at radius 2 is 2.11 bits per heavy atom. The van der Waals surface area contributed by atoms with Gasteiger partial charge in [0.2, 0.25) is 5.91 Å². The molecule has 0 aliphatic heterocycles. The van der Waals surface area contributed by atoms with E-state index in [-0.39, 0.29) is 17.9 Å². The minimum atomic E-state index is 0.00253. The van der Waals surface area contributed by atoms with E-state index in [1.54, 1.807) is 0 Å². The van der Waals surface area contributed by atoms with E-state index in [4.69, 9.17) is 5.73 Å². The summed E-state index contributed by atoms with van der Waals surface area (Å²) in [7, 11) is 0. The Balaban J connectivity index is 1.72. The van der Waals surface area contributed by atoms with Crippen LogP contribution in [0, 0.1) is 17.8 Å². The molecule has 2 bridgehead atoms. The van der Waals surface area contributed by atoms with Gasteiger partial charge in [-0.05, 0) is 49.3 Å². The normalized spacial score (nSPS) is 33.7. The van der Waals surface area contributed by atoms with Crippen molar-refractivity contribution in [2.24, 2.45) is 23.5 Å². The Bertz CT molecular complexity index is 475. The average Bonchev–Trinajstić information content (AvgIpc) is 2.89. The second-order valence-electron chi connectivity index (χ2n) is 5.44. The first-order valence-electron chi connectivity index (χ1n) is 6.47. The third-order valence-corrected chi connectivity index (χ3v) is 4.87. The monoisotopic (exact) mass is 308 g/mol. The quantitative estimate of drug-likeness (QED) is 0.882. The SMILES string of the molecule is NC1C2CCC(C2)C1C(=O)Nc1cccc(Br)c1. The summed E-state index contributed by atoms with van der Waals surface area (Å²) in [6.07, 6.45) is 3.50. The Kier molecular flexibility index (Phi) is 3.16. The maximum absolute atomic E-state index is 12.3. The predicted octanol–water partition coefficient (Wildman–Crippen LogP) is 2.76. The highest BCUT2D eigenvalue weighted by atomic mass is 79.9. The molecule has 18 heavy (non-hydrogen) atoms. The number of benzene rings is 1. The average molecular weight is 309 g/mol. The van der Waals surface area contributed by atoms with Crippen molar-refractivity contribution in [2.75, 3.05) is 5.32 Å². The van der Waals surface area contributed by atoms with E-state index < -0.39 is 0 Å². The minimum absolute atomic E-state index is 0.00253. The maximum atomic E-state index is 12.3. The van der Waals surface area contributed by atoms with E-state index in [0.29, 0.717) is 11.8 Å². The molecule has 3 nitrogen and oxygen atoms in total. The molecule has 3 rings (SSSR count). The van der Waals surface area contributed by atoms with Crippen molar-refractivity contribution in [1.82, 2.24) is 0 Å². The molecule has 1 aromatic rings. The van der Waals surface area contributed by atoms with Gasteiger partial charge in [-0.3, -0.25) is 4.79 Å². The number of anilines is 1. The Morgan fingerprint density at radius 1 is 1.33 bits per heavy atom. The zero-order chi connectivity index (χ0) is 12.7. The van der Waals surface area contributed by atoms with Crippen LogP contribution in [0.25, 0.3) is 0 Å². The molecule has 0 spiro atoms. The summed E-state index contributed by atoms with van der Waals surface area (Å²) in [5.74, 6) is 1.15. The number of nitrogens with one attached hydrogen (secondary N) is 1. The summed E-state index contributed by atoms with van der Waals surface area (Å²) in [5.41, 5.74) is 7.02. The lowest BCUT2D eigenvalue weighted by atomic mass is 9.84. The smallest absolute Gasteiger partial charge is 0.229 e. The van der Waals surface area contributed by atoms with Crippen molar-refractivity contribution in [3.8, 4) is 0 Å². The summed E-state index contributed by atoms with van der Waals surface area (Å²) in [4.78, 5) is 12.3. The molecule has 4 atom stereocenters. The molecule has 2 aliphatic carbocycles. The molecule has 0 radical (unpaired) electrons. The highest BCUT2D eigenvalue weighted by Crippen LogP contribution is 2.47. The van der Waals surface area contributed by atoms with Gasteiger partial charge in [0, 0.05) is 16.2 Å². The largest absolute Gasteiger partial charge is 0.327 e. The summed E-state index contributed by atoms with van der Waals surface area (Å²) in [6.45, 7) is 0. The molecular formula is C14H17BrN2O. The summed E-state index contributed by atoms with van der Waals surface area (Å²) in [5, 5.41) is 2.99. The lowest BCUT2D eigenvalue weighted by Gasteiger charge is -2.27. The van der Waals surface area contributed by atoms with Crippen LogP contribution in [0.5, 0.6) is 0 Å². The summed E-state index contributed by atoms with van der Waals surface area (Å²) >= 11 is 3.40. The van der Waals surface area contributed by atoms with Crippen molar-refractivity contribution in [3.05, 3.63) is 28.7 Å². The van der Waals surface area contributed by atoms with E-state index in [1.807, 2.05) is 24.3 Å². The standard InChI is InChI=1S/C14H17BrN2O/c15-10-2-1-3-11(7-10)17-14(18)12-8-4-5-9(6-8)13(12)16/h1-3,7-9,12-13H,4-6,16H2,(H,17,18). The number of hydrogen-bond donors (Lipinski definition) is 2. The number of carbonyl (C=O) groups excluding carboxylic acids is 1. The van der Waals surface area contributed by atoms with Crippen LogP contribution in [0.3, 0.4) is 0 Å². The van der Waals surface area contributed by atoms with Gasteiger partial charge in [0.1, 0.15) is 0 Å². The molecule has 4 heteroatoms. The van der Waals surface area contributed by atoms with Gasteiger partial charge in [-0.25, -0.2) is 0 Å². The molecule has 0 heterocycles. The van der Waals surface area contributed by atoms with Gasteiger partial charge in [-0.2, -0.15) is 0 Å². The van der Waals surface area contributed by atoms with E-state index in [2.05, 4.69) is 21.2 Å². The molecule has 0 saturated heterocycles. The number of halogens is 1. The molecule has 2 aliphatic rings. The fraction of sp³-hybridized carbons (Fsp3) is 0.500. The zero-order valence-corrected chi connectivity index (χ0v) is 11.7. The topological polar surface area (TPSA) is 55.1 Å². The van der Waals surface area contributed by atoms with E-state index in [1.165, 1.54) is 6.42 Å². The number of amides is 1. The second kappa shape index (κ2) is 4.67. The molecule has 2 fully saturated rings. The van der Waals surface area contributed by atoms with Crippen molar-refractivity contribution >= 4 is 27.5 Å². The molecular weight excluding hydrogens is 292 g/mol. The predicted molar refractivity (Wildman–Crippen MR) is 75.1 cm³/mol. The molecule has 96 valence electrons.